The minimum absolute atomic E-state index is 0.104. The first-order valence-corrected chi connectivity index (χ1v) is 8.76. The van der Waals surface area contributed by atoms with Crippen LogP contribution in [0.15, 0.2) is 48.8 Å². The first-order chi connectivity index (χ1) is 13.3. The number of alkyl halides is 3. The van der Waals surface area contributed by atoms with Crippen molar-refractivity contribution >= 4 is 6.09 Å². The fraction of sp³-hybridized carbons (Fsp3) is 0.368. The van der Waals surface area contributed by atoms with Gasteiger partial charge in [0.2, 0.25) is 0 Å². The van der Waals surface area contributed by atoms with Crippen LogP contribution in [-0.4, -0.2) is 52.9 Å². The molecule has 1 saturated heterocycles. The molecule has 28 heavy (non-hydrogen) atoms. The number of hydrogen-bond donors (Lipinski definition) is 0. The maximum atomic E-state index is 12.4. The number of benzene rings is 1. The molecular formula is C19H20F3N3O3. The van der Waals surface area contributed by atoms with Gasteiger partial charge in [0.1, 0.15) is 5.75 Å². The number of piperazine rings is 1. The van der Waals surface area contributed by atoms with E-state index >= 15 is 0 Å². The van der Waals surface area contributed by atoms with Crippen LogP contribution in [0.5, 0.6) is 11.5 Å². The minimum Gasteiger partial charge on any atom is -0.409 e. The predicted octanol–water partition coefficient (Wildman–Crippen LogP) is 3.69. The summed E-state index contributed by atoms with van der Waals surface area (Å²) >= 11 is 0. The van der Waals surface area contributed by atoms with Crippen LogP contribution in [0.1, 0.15) is 12.5 Å². The number of carbonyl (C=O) groups is 1. The standard InChI is InChI=1S/C19H20F3N3O3/c1-14-12-24(13-15-4-2-5-16(10-15)28-19(20,21)22)8-9-25(14)18(26)27-17-6-3-7-23-11-17/h2-7,10-11,14H,8-9,12-13H2,1H3. The van der Waals surface area contributed by atoms with Crippen molar-refractivity contribution < 1.29 is 27.4 Å². The van der Waals surface area contributed by atoms with Crippen molar-refractivity contribution in [3.8, 4) is 11.5 Å². The molecule has 2 heterocycles. The molecular weight excluding hydrogens is 375 g/mol. The van der Waals surface area contributed by atoms with Gasteiger partial charge in [0.15, 0.2) is 5.75 Å². The largest absolute Gasteiger partial charge is 0.573 e. The lowest BCUT2D eigenvalue weighted by atomic mass is 10.1. The molecule has 1 aromatic carbocycles. The highest BCUT2D eigenvalue weighted by molar-refractivity contribution is 5.71. The normalized spacial score (nSPS) is 18.0. The fourth-order valence-corrected chi connectivity index (χ4v) is 3.11. The highest BCUT2D eigenvalue weighted by Crippen LogP contribution is 2.24. The van der Waals surface area contributed by atoms with Crippen molar-refractivity contribution in [3.05, 3.63) is 54.4 Å². The van der Waals surface area contributed by atoms with Crippen molar-refractivity contribution in [2.45, 2.75) is 25.9 Å². The fourth-order valence-electron chi connectivity index (χ4n) is 3.11. The predicted molar refractivity (Wildman–Crippen MR) is 94.8 cm³/mol. The average Bonchev–Trinajstić information content (AvgIpc) is 2.61. The Bertz CT molecular complexity index is 802. The molecule has 0 bridgehead atoms. The highest BCUT2D eigenvalue weighted by Gasteiger charge is 2.31. The van der Waals surface area contributed by atoms with E-state index in [2.05, 4.69) is 14.6 Å². The molecule has 0 radical (unpaired) electrons. The van der Waals surface area contributed by atoms with Crippen LogP contribution in [0.3, 0.4) is 0 Å². The Balaban J connectivity index is 1.55. The lowest BCUT2D eigenvalue weighted by molar-refractivity contribution is -0.274. The zero-order valence-electron chi connectivity index (χ0n) is 15.2. The first kappa shape index (κ1) is 19.9. The van der Waals surface area contributed by atoms with E-state index in [9.17, 15) is 18.0 Å². The molecule has 0 spiro atoms. The first-order valence-electron chi connectivity index (χ1n) is 8.76. The van der Waals surface area contributed by atoms with Gasteiger partial charge in [-0.3, -0.25) is 9.88 Å². The SMILES string of the molecule is CC1CN(Cc2cccc(OC(F)(F)F)c2)CCN1C(=O)Oc1cccnc1. The van der Waals surface area contributed by atoms with Crippen LogP contribution in [0.25, 0.3) is 0 Å². The van der Waals surface area contributed by atoms with Crippen molar-refractivity contribution in [3.63, 3.8) is 0 Å². The van der Waals surface area contributed by atoms with Gasteiger partial charge in [-0.2, -0.15) is 0 Å². The van der Waals surface area contributed by atoms with Gasteiger partial charge in [-0.1, -0.05) is 12.1 Å². The van der Waals surface area contributed by atoms with Crippen molar-refractivity contribution in [2.75, 3.05) is 19.6 Å². The van der Waals surface area contributed by atoms with Crippen LogP contribution < -0.4 is 9.47 Å². The number of carbonyl (C=O) groups excluding carboxylic acids is 1. The monoisotopic (exact) mass is 395 g/mol. The van der Waals surface area contributed by atoms with E-state index < -0.39 is 12.5 Å². The molecule has 2 aromatic rings. The Morgan fingerprint density at radius 1 is 1.21 bits per heavy atom. The summed E-state index contributed by atoms with van der Waals surface area (Å²) in [6.07, 6.45) is -2.10. The van der Waals surface area contributed by atoms with Gasteiger partial charge in [0.25, 0.3) is 0 Å². The molecule has 9 heteroatoms. The summed E-state index contributed by atoms with van der Waals surface area (Å²) < 4.78 is 46.4. The molecule has 1 aliphatic heterocycles. The molecule has 6 nitrogen and oxygen atoms in total. The summed E-state index contributed by atoms with van der Waals surface area (Å²) in [4.78, 5) is 20.0. The molecule has 3 rings (SSSR count). The Morgan fingerprint density at radius 2 is 2.00 bits per heavy atom. The number of pyridine rings is 1. The van der Waals surface area contributed by atoms with E-state index in [0.29, 0.717) is 37.5 Å². The number of amides is 1. The maximum Gasteiger partial charge on any atom is 0.573 e. The Hall–Kier alpha value is -2.81. The minimum atomic E-state index is -4.71. The molecule has 150 valence electrons. The van der Waals surface area contributed by atoms with Gasteiger partial charge in [0, 0.05) is 38.4 Å². The Kier molecular flexibility index (Phi) is 6.03. The van der Waals surface area contributed by atoms with Crippen LogP contribution >= 0.6 is 0 Å². The van der Waals surface area contributed by atoms with Crippen LogP contribution in [0.2, 0.25) is 0 Å². The lowest BCUT2D eigenvalue weighted by Crippen LogP contribution is -2.54. The molecule has 0 N–H and O–H groups in total. The zero-order chi connectivity index (χ0) is 20.1. The Morgan fingerprint density at radius 3 is 2.68 bits per heavy atom. The maximum absolute atomic E-state index is 12.4. The van der Waals surface area contributed by atoms with E-state index in [4.69, 9.17) is 4.74 Å². The zero-order valence-corrected chi connectivity index (χ0v) is 15.2. The average molecular weight is 395 g/mol. The van der Waals surface area contributed by atoms with E-state index in [0.717, 1.165) is 0 Å². The number of rotatable bonds is 4. The molecule has 1 atom stereocenters. The summed E-state index contributed by atoms with van der Waals surface area (Å²) in [6, 6.07) is 9.15. The lowest BCUT2D eigenvalue weighted by Gasteiger charge is -2.39. The number of hydrogen-bond acceptors (Lipinski definition) is 5. The molecule has 1 amide bonds. The van der Waals surface area contributed by atoms with Crippen LogP contribution in [-0.2, 0) is 6.54 Å². The summed E-state index contributed by atoms with van der Waals surface area (Å²) in [7, 11) is 0. The van der Waals surface area contributed by atoms with E-state index in [1.807, 2.05) is 6.92 Å². The third kappa shape index (κ3) is 5.59. The van der Waals surface area contributed by atoms with Crippen molar-refractivity contribution in [1.82, 2.24) is 14.8 Å². The second-order valence-electron chi connectivity index (χ2n) is 6.53. The number of aromatic nitrogens is 1. The third-order valence-electron chi connectivity index (χ3n) is 4.32. The molecule has 1 aliphatic rings. The van der Waals surface area contributed by atoms with Gasteiger partial charge in [-0.25, -0.2) is 4.79 Å². The van der Waals surface area contributed by atoms with Gasteiger partial charge in [-0.15, -0.1) is 13.2 Å². The van der Waals surface area contributed by atoms with E-state index in [1.165, 1.54) is 24.4 Å². The number of halogens is 3. The van der Waals surface area contributed by atoms with Gasteiger partial charge >= 0.3 is 12.5 Å². The topological polar surface area (TPSA) is 54.9 Å². The van der Waals surface area contributed by atoms with Crippen LogP contribution in [0, 0.1) is 0 Å². The Labute approximate surface area is 160 Å². The molecule has 1 fully saturated rings. The summed E-state index contributed by atoms with van der Waals surface area (Å²) in [5.74, 6) is 0.139. The molecule has 0 aliphatic carbocycles. The van der Waals surface area contributed by atoms with Crippen molar-refractivity contribution in [1.29, 1.82) is 0 Å². The highest BCUT2D eigenvalue weighted by atomic mass is 19.4. The van der Waals surface area contributed by atoms with Gasteiger partial charge < -0.3 is 14.4 Å². The molecule has 0 saturated carbocycles. The van der Waals surface area contributed by atoms with E-state index in [-0.39, 0.29) is 11.8 Å². The smallest absolute Gasteiger partial charge is 0.409 e. The third-order valence-corrected chi connectivity index (χ3v) is 4.32. The summed E-state index contributed by atoms with van der Waals surface area (Å²) in [6.45, 7) is 3.98. The molecule has 1 aromatic heterocycles. The van der Waals surface area contributed by atoms with E-state index in [1.54, 1.807) is 29.3 Å². The second-order valence-corrected chi connectivity index (χ2v) is 6.53. The van der Waals surface area contributed by atoms with Gasteiger partial charge in [0.05, 0.1) is 6.20 Å². The molecule has 1 unspecified atom stereocenters. The quantitative estimate of drug-likeness (QED) is 0.791. The van der Waals surface area contributed by atoms with Crippen molar-refractivity contribution in [2.24, 2.45) is 0 Å². The van der Waals surface area contributed by atoms with Crippen LogP contribution in [0.4, 0.5) is 18.0 Å². The van der Waals surface area contributed by atoms with Gasteiger partial charge in [-0.05, 0) is 36.8 Å². The number of nitrogens with zero attached hydrogens (tertiary/aromatic N) is 3. The summed E-state index contributed by atoms with van der Waals surface area (Å²) in [5, 5.41) is 0. The summed E-state index contributed by atoms with van der Waals surface area (Å²) in [5.41, 5.74) is 0.709. The number of ether oxygens (including phenoxy) is 2. The second kappa shape index (κ2) is 8.47.